The van der Waals surface area contributed by atoms with Crippen molar-refractivity contribution in [2.24, 2.45) is 17.8 Å². The van der Waals surface area contributed by atoms with E-state index >= 15 is 0 Å². The summed E-state index contributed by atoms with van der Waals surface area (Å²) < 4.78 is 10.1. The third-order valence-electron chi connectivity index (χ3n) is 3.86. The van der Waals surface area contributed by atoms with Crippen LogP contribution < -0.4 is 5.32 Å². The molecule has 0 aromatic heterocycles. The van der Waals surface area contributed by atoms with Crippen LogP contribution in [0.2, 0.25) is 0 Å². The highest BCUT2D eigenvalue weighted by molar-refractivity contribution is 5.67. The number of carbonyl (C=O) groups is 1. The Hall–Kier alpha value is -0.770. The topological polar surface area (TPSA) is 47.6 Å². The summed E-state index contributed by atoms with van der Waals surface area (Å²) in [6.45, 7) is 8.18. The molecule has 2 atom stereocenters. The molecule has 0 unspecified atom stereocenters. The van der Waals surface area contributed by atoms with E-state index in [1.807, 2.05) is 0 Å². The summed E-state index contributed by atoms with van der Waals surface area (Å²) in [6.07, 6.45) is 1.71. The Bertz CT molecular complexity index is 237. The van der Waals surface area contributed by atoms with Gasteiger partial charge in [-0.3, -0.25) is 0 Å². The quantitative estimate of drug-likeness (QED) is 0.825. The molecule has 1 heterocycles. The summed E-state index contributed by atoms with van der Waals surface area (Å²) in [4.78, 5) is 11.4. The van der Waals surface area contributed by atoms with Gasteiger partial charge in [0.25, 0.3) is 0 Å². The Kier molecular flexibility index (Phi) is 5.75. The van der Waals surface area contributed by atoms with E-state index in [-0.39, 0.29) is 12.1 Å². The molecule has 0 aliphatic carbocycles. The van der Waals surface area contributed by atoms with Crippen LogP contribution >= 0.6 is 0 Å². The molecule has 17 heavy (non-hydrogen) atoms. The Morgan fingerprint density at radius 1 is 1.29 bits per heavy atom. The second-order valence-corrected chi connectivity index (χ2v) is 5.21. The van der Waals surface area contributed by atoms with E-state index < -0.39 is 0 Å². The monoisotopic (exact) mass is 243 g/mol. The van der Waals surface area contributed by atoms with Crippen LogP contribution in [0.25, 0.3) is 0 Å². The minimum Gasteiger partial charge on any atom is -0.453 e. The SMILES string of the molecule is COC(=O)N[C@@H](C1CCOCC1)[C@H](C)C(C)C. The first-order valence-corrected chi connectivity index (χ1v) is 6.48. The highest BCUT2D eigenvalue weighted by Gasteiger charge is 2.31. The van der Waals surface area contributed by atoms with Crippen molar-refractivity contribution in [1.82, 2.24) is 5.32 Å². The van der Waals surface area contributed by atoms with Crippen molar-refractivity contribution < 1.29 is 14.3 Å². The van der Waals surface area contributed by atoms with Crippen molar-refractivity contribution in [1.29, 1.82) is 0 Å². The first-order chi connectivity index (χ1) is 8.06. The number of rotatable bonds is 4. The van der Waals surface area contributed by atoms with Crippen LogP contribution in [0.4, 0.5) is 4.79 Å². The molecule has 1 N–H and O–H groups in total. The average molecular weight is 243 g/mol. The summed E-state index contributed by atoms with van der Waals surface area (Å²) in [6, 6.07) is 0.186. The smallest absolute Gasteiger partial charge is 0.407 e. The molecule has 0 radical (unpaired) electrons. The molecular weight excluding hydrogens is 218 g/mol. The maximum Gasteiger partial charge on any atom is 0.407 e. The maximum atomic E-state index is 11.4. The van der Waals surface area contributed by atoms with E-state index in [9.17, 15) is 4.79 Å². The molecule has 4 heteroatoms. The maximum absolute atomic E-state index is 11.4. The van der Waals surface area contributed by atoms with Gasteiger partial charge in [0.15, 0.2) is 0 Å². The lowest BCUT2D eigenvalue weighted by molar-refractivity contribution is 0.0408. The summed E-state index contributed by atoms with van der Waals surface area (Å²) in [5, 5.41) is 3.00. The molecule has 1 amide bonds. The van der Waals surface area contributed by atoms with Crippen molar-refractivity contribution in [3.63, 3.8) is 0 Å². The predicted molar refractivity (Wildman–Crippen MR) is 66.9 cm³/mol. The van der Waals surface area contributed by atoms with E-state index in [4.69, 9.17) is 9.47 Å². The molecule has 100 valence electrons. The van der Waals surface area contributed by atoms with E-state index in [1.165, 1.54) is 7.11 Å². The van der Waals surface area contributed by atoms with Gasteiger partial charge in [-0.15, -0.1) is 0 Å². The molecule has 1 fully saturated rings. The van der Waals surface area contributed by atoms with E-state index in [0.717, 1.165) is 26.1 Å². The summed E-state index contributed by atoms with van der Waals surface area (Å²) in [5.74, 6) is 1.48. The van der Waals surface area contributed by atoms with E-state index in [0.29, 0.717) is 17.8 Å². The largest absolute Gasteiger partial charge is 0.453 e. The van der Waals surface area contributed by atoms with Crippen molar-refractivity contribution in [2.45, 2.75) is 39.7 Å². The molecule has 0 spiro atoms. The lowest BCUT2D eigenvalue weighted by atomic mass is 9.79. The van der Waals surface area contributed by atoms with Crippen LogP contribution in [-0.4, -0.2) is 32.5 Å². The first kappa shape index (κ1) is 14.3. The van der Waals surface area contributed by atoms with Gasteiger partial charge in [-0.25, -0.2) is 4.79 Å². The molecule has 1 saturated heterocycles. The van der Waals surface area contributed by atoms with Crippen LogP contribution in [0, 0.1) is 17.8 Å². The zero-order chi connectivity index (χ0) is 12.8. The third kappa shape index (κ3) is 4.19. The fourth-order valence-electron chi connectivity index (χ4n) is 2.36. The number of nitrogens with one attached hydrogen (secondary N) is 1. The van der Waals surface area contributed by atoms with Gasteiger partial charge in [-0.1, -0.05) is 20.8 Å². The molecule has 1 aliphatic heterocycles. The van der Waals surface area contributed by atoms with Crippen LogP contribution in [-0.2, 0) is 9.47 Å². The second-order valence-electron chi connectivity index (χ2n) is 5.21. The zero-order valence-electron chi connectivity index (χ0n) is 11.4. The molecule has 4 nitrogen and oxygen atoms in total. The molecule has 0 aromatic rings. The Morgan fingerprint density at radius 3 is 2.35 bits per heavy atom. The van der Waals surface area contributed by atoms with Gasteiger partial charge in [-0.05, 0) is 30.6 Å². The normalized spacial score (nSPS) is 21.0. The van der Waals surface area contributed by atoms with Gasteiger partial charge >= 0.3 is 6.09 Å². The Labute approximate surface area is 104 Å². The standard InChI is InChI=1S/C13H25NO3/c1-9(2)10(3)12(14-13(15)16-4)11-5-7-17-8-6-11/h9-12H,5-8H2,1-4H3,(H,14,15)/t10-,12-/m1/s1. The van der Waals surface area contributed by atoms with Crippen LogP contribution in [0.3, 0.4) is 0 Å². The minimum absolute atomic E-state index is 0.186. The van der Waals surface area contributed by atoms with Crippen LogP contribution in [0.15, 0.2) is 0 Å². The van der Waals surface area contributed by atoms with Crippen LogP contribution in [0.1, 0.15) is 33.6 Å². The number of alkyl carbamates (subject to hydrolysis) is 1. The number of hydrogen-bond donors (Lipinski definition) is 1. The number of ether oxygens (including phenoxy) is 2. The van der Waals surface area contributed by atoms with Gasteiger partial charge in [0.2, 0.25) is 0 Å². The Morgan fingerprint density at radius 2 is 1.88 bits per heavy atom. The molecule has 0 aromatic carbocycles. The van der Waals surface area contributed by atoms with Gasteiger partial charge in [0, 0.05) is 19.3 Å². The van der Waals surface area contributed by atoms with Crippen LogP contribution in [0.5, 0.6) is 0 Å². The molecule has 1 aliphatic rings. The Balaban J connectivity index is 2.66. The predicted octanol–water partition coefficient (Wildman–Crippen LogP) is 2.43. The lowest BCUT2D eigenvalue weighted by Gasteiger charge is -2.36. The number of amides is 1. The second kappa shape index (κ2) is 6.84. The summed E-state index contributed by atoms with van der Waals surface area (Å²) >= 11 is 0. The van der Waals surface area contributed by atoms with E-state index in [1.54, 1.807) is 0 Å². The molecule has 0 saturated carbocycles. The first-order valence-electron chi connectivity index (χ1n) is 6.48. The number of hydrogen-bond acceptors (Lipinski definition) is 3. The molecule has 0 bridgehead atoms. The minimum atomic E-state index is -0.325. The zero-order valence-corrected chi connectivity index (χ0v) is 11.4. The van der Waals surface area contributed by atoms with Gasteiger partial charge in [0.05, 0.1) is 7.11 Å². The third-order valence-corrected chi connectivity index (χ3v) is 3.86. The molecular formula is C13H25NO3. The fourth-order valence-corrected chi connectivity index (χ4v) is 2.36. The van der Waals surface area contributed by atoms with Crippen molar-refractivity contribution >= 4 is 6.09 Å². The van der Waals surface area contributed by atoms with Crippen molar-refractivity contribution in [3.8, 4) is 0 Å². The van der Waals surface area contributed by atoms with Gasteiger partial charge in [0.1, 0.15) is 0 Å². The fraction of sp³-hybridized carbons (Fsp3) is 0.923. The van der Waals surface area contributed by atoms with Crippen molar-refractivity contribution in [3.05, 3.63) is 0 Å². The van der Waals surface area contributed by atoms with E-state index in [2.05, 4.69) is 26.1 Å². The molecule has 1 rings (SSSR count). The van der Waals surface area contributed by atoms with Gasteiger partial charge < -0.3 is 14.8 Å². The summed E-state index contributed by atoms with van der Waals surface area (Å²) in [7, 11) is 1.41. The highest BCUT2D eigenvalue weighted by Crippen LogP contribution is 2.27. The number of carbonyl (C=O) groups excluding carboxylic acids is 1. The average Bonchev–Trinajstić information content (AvgIpc) is 2.35. The highest BCUT2D eigenvalue weighted by atomic mass is 16.5. The number of methoxy groups -OCH3 is 1. The van der Waals surface area contributed by atoms with Crippen molar-refractivity contribution in [2.75, 3.05) is 20.3 Å². The lowest BCUT2D eigenvalue weighted by Crippen LogP contribution is -2.47. The van der Waals surface area contributed by atoms with Gasteiger partial charge in [-0.2, -0.15) is 0 Å². The summed E-state index contributed by atoms with van der Waals surface area (Å²) in [5.41, 5.74) is 0.